The van der Waals surface area contributed by atoms with Crippen LogP contribution in [-0.4, -0.2) is 114 Å². The average Bonchev–Trinajstić information content (AvgIpc) is 1.04. The number of carboxylic acids is 1. The van der Waals surface area contributed by atoms with Crippen LogP contribution in [0.3, 0.4) is 0 Å². The van der Waals surface area contributed by atoms with Crippen LogP contribution in [0.2, 0.25) is 0 Å². The number of unbranched alkanes of at least 4 members (excludes halogenated alkanes) is 32. The number of benzene rings is 1. The number of phosphoric acid groups is 2. The van der Waals surface area contributed by atoms with E-state index in [0.29, 0.717) is 31.2 Å². The average molecular weight is 1380 g/mol. The fraction of sp³-hybridized carbons (Fsp3) is 0.836. The number of carbonyl (C=O) groups is 5. The number of aliphatic carboxylic acids is 1. The molecule has 0 aliphatic carbocycles. The number of hydrogen-bond donors (Lipinski definition) is 5. The van der Waals surface area contributed by atoms with E-state index in [1.54, 1.807) is 0 Å². The molecule has 5 unspecified atom stereocenters. The number of nitrogens with two attached hydrogens (primary N) is 1. The summed E-state index contributed by atoms with van der Waals surface area (Å²) in [5.74, 6) is -3.88. The molecule has 0 aliphatic heterocycles. The SMILES string of the molecule is CC(N)(Cc1ccc(O)c(O)c1)C(=O)O.CCCCCCCCCCCC(=O)OCC(COP(=O)([O-])OCC(O)COP(=O)([O-])OCC(COC(=O)CCCCCCCCCCC)OC(=O)CCCCCCCCCCC)OC(=O)CCCCCCCCCCC.[Na+].[Na+]. The molecule has 0 saturated heterocycles. The zero-order valence-corrected chi connectivity index (χ0v) is 64.2. The number of phenols is 2. The minimum atomic E-state index is -5.20. The number of hydrogen-bond acceptors (Lipinski definition) is 21. The van der Waals surface area contributed by atoms with Crippen molar-refractivity contribution in [2.45, 2.75) is 322 Å². The number of carboxylic acid groups (broad SMARTS) is 1. The number of ether oxygens (including phenoxy) is 4. The second-order valence-corrected chi connectivity index (χ2v) is 27.2. The molecular formula is C67H121NNa2O21P2. The van der Waals surface area contributed by atoms with Crippen LogP contribution in [0.15, 0.2) is 18.2 Å². The van der Waals surface area contributed by atoms with Crippen LogP contribution in [0.1, 0.15) is 297 Å². The number of rotatable bonds is 61. The Balaban J connectivity index is -0.00000414. The minimum absolute atomic E-state index is 0. The predicted octanol–water partition coefficient (Wildman–Crippen LogP) is 8.39. The van der Waals surface area contributed by atoms with E-state index in [1.165, 1.54) is 128 Å². The maximum Gasteiger partial charge on any atom is 1.00 e. The first-order chi connectivity index (χ1) is 43.5. The molecule has 1 aromatic carbocycles. The van der Waals surface area contributed by atoms with Crippen LogP contribution < -0.4 is 74.6 Å². The summed E-state index contributed by atoms with van der Waals surface area (Å²) in [7, 11) is -10.4. The molecule has 0 heterocycles. The monoisotopic (exact) mass is 1380 g/mol. The van der Waals surface area contributed by atoms with E-state index >= 15 is 0 Å². The predicted molar refractivity (Wildman–Crippen MR) is 348 cm³/mol. The van der Waals surface area contributed by atoms with E-state index in [9.17, 15) is 53.1 Å². The van der Waals surface area contributed by atoms with Crippen molar-refractivity contribution in [3.63, 3.8) is 0 Å². The topological polar surface area (TPSA) is 346 Å². The van der Waals surface area contributed by atoms with Crippen molar-refractivity contribution < 1.29 is 159 Å². The Morgan fingerprint density at radius 2 is 0.710 bits per heavy atom. The largest absolute Gasteiger partial charge is 1.00 e. The molecule has 5 atom stereocenters. The van der Waals surface area contributed by atoms with Crippen molar-refractivity contribution in [1.29, 1.82) is 0 Å². The van der Waals surface area contributed by atoms with Gasteiger partial charge in [0.25, 0.3) is 15.6 Å². The maximum absolute atomic E-state index is 12.8. The summed E-state index contributed by atoms with van der Waals surface area (Å²) in [6, 6.07) is 4.11. The number of aliphatic hydroxyl groups excluding tert-OH is 1. The Labute approximate surface area is 602 Å². The minimum Gasteiger partial charge on any atom is -0.756 e. The Morgan fingerprint density at radius 3 is 0.989 bits per heavy atom. The van der Waals surface area contributed by atoms with Crippen LogP contribution in [0.4, 0.5) is 0 Å². The number of aliphatic hydroxyl groups is 1. The molecule has 0 amide bonds. The van der Waals surface area contributed by atoms with Gasteiger partial charge >= 0.3 is 89.0 Å². The number of phosphoric ester groups is 2. The van der Waals surface area contributed by atoms with Crippen LogP contribution in [0.5, 0.6) is 11.5 Å². The second-order valence-electron chi connectivity index (χ2n) is 24.4. The van der Waals surface area contributed by atoms with Crippen LogP contribution in [0, 0.1) is 0 Å². The number of aromatic hydroxyl groups is 2. The first-order valence-electron chi connectivity index (χ1n) is 34.6. The molecule has 93 heavy (non-hydrogen) atoms. The third kappa shape index (κ3) is 60.0. The molecule has 0 saturated carbocycles. The van der Waals surface area contributed by atoms with Gasteiger partial charge in [-0.15, -0.1) is 0 Å². The van der Waals surface area contributed by atoms with Gasteiger partial charge in [-0.1, -0.05) is 239 Å². The zero-order chi connectivity index (χ0) is 67.9. The van der Waals surface area contributed by atoms with Crippen molar-refractivity contribution in [1.82, 2.24) is 0 Å². The maximum atomic E-state index is 12.8. The van der Waals surface area contributed by atoms with Gasteiger partial charge < -0.3 is 73.0 Å². The van der Waals surface area contributed by atoms with E-state index in [0.717, 1.165) is 103 Å². The van der Waals surface area contributed by atoms with Gasteiger partial charge in [-0.2, -0.15) is 0 Å². The quantitative estimate of drug-likeness (QED) is 0.0102. The second kappa shape index (κ2) is 62.6. The molecule has 0 fully saturated rings. The Hall–Kier alpha value is -1.69. The molecule has 1 aromatic rings. The van der Waals surface area contributed by atoms with Gasteiger partial charge in [0.15, 0.2) is 23.7 Å². The molecule has 532 valence electrons. The van der Waals surface area contributed by atoms with Gasteiger partial charge in [0.05, 0.1) is 26.4 Å². The summed E-state index contributed by atoms with van der Waals surface area (Å²) < 4.78 is 66.7. The van der Waals surface area contributed by atoms with Crippen LogP contribution in [0.25, 0.3) is 0 Å². The summed E-state index contributed by atoms with van der Waals surface area (Å²) in [6.45, 7) is 5.75. The van der Waals surface area contributed by atoms with Gasteiger partial charge in [-0.25, -0.2) is 0 Å². The summed E-state index contributed by atoms with van der Waals surface area (Å²) in [5, 5.41) is 37.5. The number of carbonyl (C=O) groups excluding carboxylic acids is 4. The van der Waals surface area contributed by atoms with Gasteiger partial charge in [-0.05, 0) is 50.3 Å². The van der Waals surface area contributed by atoms with Gasteiger partial charge in [0.1, 0.15) is 24.9 Å². The molecule has 0 aliphatic rings. The van der Waals surface area contributed by atoms with Crippen molar-refractivity contribution >= 4 is 45.5 Å². The molecule has 1 rings (SSSR count). The molecule has 0 bridgehead atoms. The molecule has 26 heteroatoms. The van der Waals surface area contributed by atoms with Crippen molar-refractivity contribution in [3.8, 4) is 11.5 Å². The van der Waals surface area contributed by atoms with Crippen LogP contribution >= 0.6 is 15.6 Å². The molecular weight excluding hydrogens is 1260 g/mol. The van der Waals surface area contributed by atoms with Gasteiger partial charge in [0.2, 0.25) is 0 Å². The van der Waals surface area contributed by atoms with Crippen molar-refractivity contribution in [2.75, 3.05) is 39.6 Å². The molecule has 6 N–H and O–H groups in total. The van der Waals surface area contributed by atoms with Crippen molar-refractivity contribution in [3.05, 3.63) is 23.8 Å². The summed E-state index contributed by atoms with van der Waals surface area (Å²) >= 11 is 0. The Kier molecular flexibility index (Phi) is 64.2. The standard InChI is InChI=1S/C57H110O17P2.C10H13NO4.2Na/c1-5-9-13-17-21-25-29-33-37-41-54(59)67-47-52(73-56(61)43-39-35-31-27-23-19-15-11-7-3)49-71-75(63,64)69-45-51(58)46-70-76(65,66)72-50-53(74-57(62)44-40-36-32-28-24-20-16-12-8-4)48-68-55(60)42-38-34-30-26-22-18-14-10-6-2;1-10(11,9(14)15)5-6-2-3-7(12)8(13)4-6;;/h51-53,58H,5-50H2,1-4H3,(H,63,64)(H,65,66);2-4,12-13H,5,11H2,1H3,(H,14,15);;/q;;2*+1/p-2. The molecule has 0 spiro atoms. The van der Waals surface area contributed by atoms with E-state index in [4.69, 9.17) is 53.0 Å². The summed E-state index contributed by atoms with van der Waals surface area (Å²) in [5.41, 5.74) is 4.70. The molecule has 0 aromatic heterocycles. The van der Waals surface area contributed by atoms with Crippen molar-refractivity contribution in [2.24, 2.45) is 5.73 Å². The van der Waals surface area contributed by atoms with E-state index < -0.39 is 109 Å². The first kappa shape index (κ1) is 95.5. The summed E-state index contributed by atoms with van der Waals surface area (Å²) in [4.78, 5) is 87.0. The fourth-order valence-electron chi connectivity index (χ4n) is 9.56. The third-order valence-electron chi connectivity index (χ3n) is 15.2. The number of phenolic OH excluding ortho intramolecular Hbond substituents is 2. The van der Waals surface area contributed by atoms with E-state index in [1.807, 2.05) is 0 Å². The Morgan fingerprint density at radius 1 is 0.441 bits per heavy atom. The van der Waals surface area contributed by atoms with Gasteiger partial charge in [-0.3, -0.25) is 33.1 Å². The zero-order valence-electron chi connectivity index (χ0n) is 58.4. The molecule has 22 nitrogen and oxygen atoms in total. The first-order valence-corrected chi connectivity index (χ1v) is 37.5. The molecule has 0 radical (unpaired) electrons. The third-order valence-corrected chi connectivity index (χ3v) is 17.0. The number of esters is 4. The smallest absolute Gasteiger partial charge is 0.756 e. The van der Waals surface area contributed by atoms with E-state index in [-0.39, 0.29) is 103 Å². The Bertz CT molecular complexity index is 2020. The van der Waals surface area contributed by atoms with E-state index in [2.05, 4.69) is 27.7 Å². The fourth-order valence-corrected chi connectivity index (χ4v) is 11.1. The normalized spacial score (nSPS) is 14.1. The summed E-state index contributed by atoms with van der Waals surface area (Å²) in [6.07, 6.45) is 34.3. The van der Waals surface area contributed by atoms with Gasteiger partial charge in [0, 0.05) is 32.1 Å². The van der Waals surface area contributed by atoms with Crippen LogP contribution in [-0.2, 0) is 76.6 Å².